The summed E-state index contributed by atoms with van der Waals surface area (Å²) in [6.07, 6.45) is 1.66. The van der Waals surface area contributed by atoms with Gasteiger partial charge in [0.2, 0.25) is 0 Å². The predicted molar refractivity (Wildman–Crippen MR) is 130 cm³/mol. The van der Waals surface area contributed by atoms with E-state index >= 15 is 0 Å². The van der Waals surface area contributed by atoms with E-state index in [0.29, 0.717) is 27.0 Å². The van der Waals surface area contributed by atoms with Crippen LogP contribution in [0.2, 0.25) is 10.0 Å². The van der Waals surface area contributed by atoms with Crippen molar-refractivity contribution in [3.8, 4) is 5.75 Å². The van der Waals surface area contributed by atoms with Gasteiger partial charge in [-0.3, -0.25) is 9.59 Å². The SMILES string of the molecule is CCc1cccc(CC)c1NC(=O)COc1ccc(C(=O)Nc2cc(Cl)ccc2Cl)cc1. The molecule has 0 spiro atoms. The molecule has 0 radical (unpaired) electrons. The average Bonchev–Trinajstić information content (AvgIpc) is 2.80. The Morgan fingerprint density at radius 1 is 0.875 bits per heavy atom. The molecule has 0 atom stereocenters. The number of hydrogen-bond donors (Lipinski definition) is 2. The van der Waals surface area contributed by atoms with Gasteiger partial charge in [-0.05, 0) is 66.4 Å². The number of carbonyl (C=O) groups excluding carboxylic acids is 2. The van der Waals surface area contributed by atoms with Crippen molar-refractivity contribution in [1.82, 2.24) is 0 Å². The third kappa shape index (κ3) is 6.02. The van der Waals surface area contributed by atoms with Gasteiger partial charge in [-0.25, -0.2) is 0 Å². The fourth-order valence-corrected chi connectivity index (χ4v) is 3.55. The van der Waals surface area contributed by atoms with Gasteiger partial charge in [-0.15, -0.1) is 0 Å². The van der Waals surface area contributed by atoms with Crippen LogP contribution in [0.1, 0.15) is 35.3 Å². The molecule has 0 saturated heterocycles. The molecule has 5 nitrogen and oxygen atoms in total. The zero-order valence-corrected chi connectivity index (χ0v) is 19.4. The van der Waals surface area contributed by atoms with E-state index in [0.717, 1.165) is 29.7 Å². The molecule has 3 aromatic rings. The molecular formula is C25H24Cl2N2O3. The van der Waals surface area contributed by atoms with Crippen LogP contribution in [0.3, 0.4) is 0 Å². The molecule has 7 heteroatoms. The minimum Gasteiger partial charge on any atom is -0.484 e. The third-order valence-electron chi connectivity index (χ3n) is 4.93. The number of hydrogen-bond acceptors (Lipinski definition) is 3. The van der Waals surface area contributed by atoms with Gasteiger partial charge in [0, 0.05) is 16.3 Å². The van der Waals surface area contributed by atoms with E-state index in [1.54, 1.807) is 42.5 Å². The second kappa shape index (κ2) is 11.0. The molecule has 0 aliphatic rings. The monoisotopic (exact) mass is 470 g/mol. The molecule has 0 aliphatic carbocycles. The summed E-state index contributed by atoms with van der Waals surface area (Å²) in [5.41, 5.74) is 3.89. The summed E-state index contributed by atoms with van der Waals surface area (Å²) in [4.78, 5) is 24.9. The van der Waals surface area contributed by atoms with Crippen LogP contribution in [0.25, 0.3) is 0 Å². The topological polar surface area (TPSA) is 67.4 Å². The van der Waals surface area contributed by atoms with Crippen LogP contribution in [-0.2, 0) is 17.6 Å². The number of ether oxygens (including phenoxy) is 1. The lowest BCUT2D eigenvalue weighted by molar-refractivity contribution is -0.118. The van der Waals surface area contributed by atoms with Crippen molar-refractivity contribution in [3.05, 3.63) is 87.4 Å². The minimum atomic E-state index is -0.332. The molecule has 0 saturated carbocycles. The number of anilines is 2. The van der Waals surface area contributed by atoms with Gasteiger partial charge < -0.3 is 15.4 Å². The second-order valence-electron chi connectivity index (χ2n) is 7.10. The number of aryl methyl sites for hydroxylation is 2. The maximum Gasteiger partial charge on any atom is 0.262 e. The van der Waals surface area contributed by atoms with Gasteiger partial charge in [-0.2, -0.15) is 0 Å². The lowest BCUT2D eigenvalue weighted by Crippen LogP contribution is -2.21. The van der Waals surface area contributed by atoms with Crippen LogP contribution >= 0.6 is 23.2 Å². The van der Waals surface area contributed by atoms with E-state index in [-0.39, 0.29) is 18.4 Å². The first kappa shape index (κ1) is 23.6. The number of para-hydroxylation sites is 1. The van der Waals surface area contributed by atoms with Gasteiger partial charge in [0.15, 0.2) is 6.61 Å². The fraction of sp³-hybridized carbons (Fsp3) is 0.200. The zero-order valence-electron chi connectivity index (χ0n) is 17.9. The van der Waals surface area contributed by atoms with Crippen LogP contribution in [0, 0.1) is 0 Å². The number of benzene rings is 3. The van der Waals surface area contributed by atoms with Crippen LogP contribution in [-0.4, -0.2) is 18.4 Å². The summed E-state index contributed by atoms with van der Waals surface area (Å²) in [6, 6.07) is 17.4. The molecule has 2 N–H and O–H groups in total. The molecule has 0 bridgehead atoms. The number of carbonyl (C=O) groups is 2. The van der Waals surface area contributed by atoms with Crippen LogP contribution in [0.5, 0.6) is 5.75 Å². The lowest BCUT2D eigenvalue weighted by atomic mass is 10.0. The first-order valence-corrected chi connectivity index (χ1v) is 11.1. The van der Waals surface area contributed by atoms with Crippen LogP contribution < -0.4 is 15.4 Å². The number of rotatable bonds is 8. The third-order valence-corrected chi connectivity index (χ3v) is 5.49. The van der Waals surface area contributed by atoms with E-state index in [2.05, 4.69) is 24.5 Å². The Labute approximate surface area is 197 Å². The van der Waals surface area contributed by atoms with Gasteiger partial charge >= 0.3 is 0 Å². The molecule has 0 heterocycles. The van der Waals surface area contributed by atoms with E-state index in [4.69, 9.17) is 27.9 Å². The Kier molecular flexibility index (Phi) is 8.14. The maximum absolute atomic E-state index is 12.5. The second-order valence-corrected chi connectivity index (χ2v) is 7.94. The Bertz CT molecular complexity index is 1090. The number of nitrogens with one attached hydrogen (secondary N) is 2. The lowest BCUT2D eigenvalue weighted by Gasteiger charge is -2.15. The van der Waals surface area contributed by atoms with Gasteiger partial charge in [-0.1, -0.05) is 55.2 Å². The highest BCUT2D eigenvalue weighted by Crippen LogP contribution is 2.26. The molecule has 0 fully saturated rings. The summed E-state index contributed by atoms with van der Waals surface area (Å²) < 4.78 is 5.59. The van der Waals surface area contributed by atoms with E-state index in [1.165, 1.54) is 0 Å². The van der Waals surface area contributed by atoms with Crippen molar-refractivity contribution < 1.29 is 14.3 Å². The van der Waals surface area contributed by atoms with Crippen LogP contribution in [0.4, 0.5) is 11.4 Å². The molecule has 0 unspecified atom stereocenters. The summed E-state index contributed by atoms with van der Waals surface area (Å²) in [5, 5.41) is 6.56. The Balaban J connectivity index is 1.59. The summed E-state index contributed by atoms with van der Waals surface area (Å²) in [5.74, 6) is -0.0864. The number of amides is 2. The van der Waals surface area contributed by atoms with Crippen molar-refractivity contribution in [2.24, 2.45) is 0 Å². The molecule has 0 aliphatic heterocycles. The quantitative estimate of drug-likeness (QED) is 0.400. The van der Waals surface area contributed by atoms with Gasteiger partial charge in [0.05, 0.1) is 10.7 Å². The van der Waals surface area contributed by atoms with Crippen molar-refractivity contribution in [1.29, 1.82) is 0 Å². The molecule has 3 aromatic carbocycles. The Morgan fingerprint density at radius 3 is 2.16 bits per heavy atom. The summed E-state index contributed by atoms with van der Waals surface area (Å²) >= 11 is 12.0. The van der Waals surface area contributed by atoms with E-state index < -0.39 is 0 Å². The van der Waals surface area contributed by atoms with Gasteiger partial charge in [0.1, 0.15) is 5.75 Å². The van der Waals surface area contributed by atoms with E-state index in [1.807, 2.05) is 18.2 Å². The largest absolute Gasteiger partial charge is 0.484 e. The van der Waals surface area contributed by atoms with Gasteiger partial charge in [0.25, 0.3) is 11.8 Å². The molecule has 0 aromatic heterocycles. The van der Waals surface area contributed by atoms with Crippen molar-refractivity contribution >= 4 is 46.4 Å². The molecule has 32 heavy (non-hydrogen) atoms. The standard InChI is InChI=1S/C25H24Cl2N2O3/c1-3-16-6-5-7-17(4-2)24(16)29-23(30)15-32-20-11-8-18(9-12-20)25(31)28-22-14-19(26)10-13-21(22)27/h5-14H,3-4,15H2,1-2H3,(H,28,31)(H,29,30). The zero-order chi connectivity index (χ0) is 23.1. The Hall–Kier alpha value is -3.02. The molecular weight excluding hydrogens is 447 g/mol. The molecule has 3 rings (SSSR count). The average molecular weight is 471 g/mol. The van der Waals surface area contributed by atoms with Crippen molar-refractivity contribution in [2.45, 2.75) is 26.7 Å². The predicted octanol–water partition coefficient (Wildman–Crippen LogP) is 6.39. The summed E-state index contributed by atoms with van der Waals surface area (Å²) in [6.45, 7) is 3.98. The first-order valence-electron chi connectivity index (χ1n) is 10.3. The first-order chi connectivity index (χ1) is 15.4. The number of halogens is 2. The smallest absolute Gasteiger partial charge is 0.262 e. The fourth-order valence-electron chi connectivity index (χ4n) is 3.22. The summed E-state index contributed by atoms with van der Waals surface area (Å²) in [7, 11) is 0. The maximum atomic E-state index is 12.5. The minimum absolute atomic E-state index is 0.134. The van der Waals surface area contributed by atoms with Crippen molar-refractivity contribution in [2.75, 3.05) is 17.2 Å². The highest BCUT2D eigenvalue weighted by molar-refractivity contribution is 6.35. The highest BCUT2D eigenvalue weighted by Gasteiger charge is 2.12. The molecule has 166 valence electrons. The molecule has 2 amide bonds. The highest BCUT2D eigenvalue weighted by atomic mass is 35.5. The normalized spacial score (nSPS) is 10.5. The van der Waals surface area contributed by atoms with Crippen molar-refractivity contribution in [3.63, 3.8) is 0 Å². The Morgan fingerprint density at radius 2 is 1.53 bits per heavy atom. The van der Waals surface area contributed by atoms with E-state index in [9.17, 15) is 9.59 Å². The van der Waals surface area contributed by atoms with Crippen LogP contribution in [0.15, 0.2) is 60.7 Å².